The Morgan fingerprint density at radius 1 is 1.25 bits per heavy atom. The van der Waals surface area contributed by atoms with Gasteiger partial charge in [0.25, 0.3) is 0 Å². The highest BCUT2D eigenvalue weighted by atomic mass is 35.5. The van der Waals surface area contributed by atoms with E-state index in [0.717, 1.165) is 49.6 Å². The molecule has 2 heterocycles. The van der Waals surface area contributed by atoms with Crippen LogP contribution < -0.4 is 5.32 Å². The van der Waals surface area contributed by atoms with Crippen molar-refractivity contribution < 1.29 is 4.79 Å². The molecule has 0 saturated carbocycles. The van der Waals surface area contributed by atoms with E-state index in [9.17, 15) is 4.79 Å². The molecule has 2 aliphatic heterocycles. The average molecular weight is 294 g/mol. The maximum Gasteiger partial charge on any atom is 0.320 e. The van der Waals surface area contributed by atoms with Crippen LogP contribution in [0.5, 0.6) is 0 Å². The van der Waals surface area contributed by atoms with E-state index in [2.05, 4.69) is 5.32 Å². The lowest BCUT2D eigenvalue weighted by molar-refractivity contribution is 0.166. The van der Waals surface area contributed by atoms with Gasteiger partial charge in [-0.1, -0.05) is 23.7 Å². The summed E-state index contributed by atoms with van der Waals surface area (Å²) in [6.45, 7) is 4.34. The van der Waals surface area contributed by atoms with E-state index in [4.69, 9.17) is 11.6 Å². The fourth-order valence-corrected chi connectivity index (χ4v) is 3.12. The number of piperidine rings is 1. The molecule has 0 aliphatic carbocycles. The number of halogens is 1. The number of amides is 2. The summed E-state index contributed by atoms with van der Waals surface area (Å²) in [7, 11) is 0. The molecule has 1 atom stereocenters. The fraction of sp³-hybridized carbons (Fsp3) is 0.533. The van der Waals surface area contributed by atoms with E-state index in [1.165, 1.54) is 0 Å². The number of nitrogens with one attached hydrogen (secondary N) is 1. The Kier molecular flexibility index (Phi) is 4.13. The molecule has 0 bridgehead atoms. The Morgan fingerprint density at radius 3 is 2.75 bits per heavy atom. The molecule has 1 aromatic rings. The molecule has 3 rings (SSSR count). The SMILES string of the molecule is O=C1N(Cc2ccc(Cl)cc2)CCN1[C@@H]1CCCNC1. The summed E-state index contributed by atoms with van der Waals surface area (Å²) in [5.74, 6) is 0. The third-order valence-electron chi connectivity index (χ3n) is 4.13. The highest BCUT2D eigenvalue weighted by Crippen LogP contribution is 2.20. The Bertz CT molecular complexity index is 471. The van der Waals surface area contributed by atoms with E-state index in [-0.39, 0.29) is 6.03 Å². The zero-order valence-corrected chi connectivity index (χ0v) is 12.3. The number of carbonyl (C=O) groups is 1. The number of hydrogen-bond acceptors (Lipinski definition) is 2. The van der Waals surface area contributed by atoms with Gasteiger partial charge in [0.05, 0.1) is 0 Å². The van der Waals surface area contributed by atoms with Crippen LogP contribution in [0.4, 0.5) is 4.79 Å². The predicted octanol–water partition coefficient (Wildman–Crippen LogP) is 2.33. The Labute approximate surface area is 124 Å². The quantitative estimate of drug-likeness (QED) is 0.928. The Morgan fingerprint density at radius 2 is 2.05 bits per heavy atom. The number of hydrogen-bond donors (Lipinski definition) is 1. The first-order valence-electron chi connectivity index (χ1n) is 7.25. The molecular weight excluding hydrogens is 274 g/mol. The first-order chi connectivity index (χ1) is 9.74. The molecule has 2 fully saturated rings. The van der Waals surface area contributed by atoms with Gasteiger partial charge in [0.2, 0.25) is 0 Å². The molecule has 1 N–H and O–H groups in total. The molecule has 5 heteroatoms. The summed E-state index contributed by atoms with van der Waals surface area (Å²) in [6, 6.07) is 8.27. The second-order valence-electron chi connectivity index (χ2n) is 5.52. The zero-order chi connectivity index (χ0) is 13.9. The van der Waals surface area contributed by atoms with Gasteiger partial charge >= 0.3 is 6.03 Å². The second-order valence-corrected chi connectivity index (χ2v) is 5.96. The van der Waals surface area contributed by atoms with Gasteiger partial charge in [-0.3, -0.25) is 0 Å². The monoisotopic (exact) mass is 293 g/mol. The van der Waals surface area contributed by atoms with Gasteiger partial charge in [-0.2, -0.15) is 0 Å². The third kappa shape index (κ3) is 2.91. The smallest absolute Gasteiger partial charge is 0.319 e. The lowest BCUT2D eigenvalue weighted by Crippen LogP contribution is -2.47. The van der Waals surface area contributed by atoms with Crippen LogP contribution in [0, 0.1) is 0 Å². The van der Waals surface area contributed by atoms with Gasteiger partial charge in [0, 0.05) is 37.2 Å². The molecule has 0 radical (unpaired) electrons. The van der Waals surface area contributed by atoms with Crippen molar-refractivity contribution in [3.63, 3.8) is 0 Å². The van der Waals surface area contributed by atoms with E-state index in [1.54, 1.807) is 0 Å². The molecule has 0 aromatic heterocycles. The Balaban J connectivity index is 1.61. The molecular formula is C15H20ClN3O. The van der Waals surface area contributed by atoms with Crippen LogP contribution in [0.3, 0.4) is 0 Å². The summed E-state index contributed by atoms with van der Waals surface area (Å²) in [4.78, 5) is 16.4. The van der Waals surface area contributed by atoms with E-state index < -0.39 is 0 Å². The number of benzene rings is 1. The lowest BCUT2D eigenvalue weighted by Gasteiger charge is -2.31. The highest BCUT2D eigenvalue weighted by molar-refractivity contribution is 6.30. The number of rotatable bonds is 3. The Hall–Kier alpha value is -1.26. The van der Waals surface area contributed by atoms with Crippen molar-refractivity contribution in [3.8, 4) is 0 Å². The van der Waals surface area contributed by atoms with Crippen molar-refractivity contribution >= 4 is 17.6 Å². The van der Waals surface area contributed by atoms with Gasteiger partial charge < -0.3 is 15.1 Å². The van der Waals surface area contributed by atoms with E-state index >= 15 is 0 Å². The second kappa shape index (κ2) is 6.02. The van der Waals surface area contributed by atoms with Crippen molar-refractivity contribution in [2.24, 2.45) is 0 Å². The maximum absolute atomic E-state index is 12.5. The molecule has 108 valence electrons. The van der Waals surface area contributed by atoms with Crippen LogP contribution in [-0.4, -0.2) is 48.1 Å². The molecule has 20 heavy (non-hydrogen) atoms. The summed E-state index contributed by atoms with van der Waals surface area (Å²) in [5, 5.41) is 4.11. The third-order valence-corrected chi connectivity index (χ3v) is 4.38. The fourth-order valence-electron chi connectivity index (χ4n) is 3.00. The lowest BCUT2D eigenvalue weighted by atomic mass is 10.1. The molecule has 4 nitrogen and oxygen atoms in total. The molecule has 1 aromatic carbocycles. The van der Waals surface area contributed by atoms with Crippen molar-refractivity contribution in [2.45, 2.75) is 25.4 Å². The molecule has 2 amide bonds. The number of nitrogens with zero attached hydrogens (tertiary/aromatic N) is 2. The van der Waals surface area contributed by atoms with Gasteiger partial charge in [-0.05, 0) is 37.1 Å². The van der Waals surface area contributed by atoms with Crippen LogP contribution in [0.1, 0.15) is 18.4 Å². The van der Waals surface area contributed by atoms with Gasteiger partial charge in [0.1, 0.15) is 0 Å². The van der Waals surface area contributed by atoms with Crippen LogP contribution in [0.25, 0.3) is 0 Å². The van der Waals surface area contributed by atoms with Crippen LogP contribution in [0.15, 0.2) is 24.3 Å². The van der Waals surface area contributed by atoms with Gasteiger partial charge in [0.15, 0.2) is 0 Å². The predicted molar refractivity (Wildman–Crippen MR) is 79.9 cm³/mol. The van der Waals surface area contributed by atoms with Crippen LogP contribution in [-0.2, 0) is 6.54 Å². The standard InChI is InChI=1S/C15H20ClN3O/c16-13-5-3-12(4-6-13)11-18-8-9-19(15(18)20)14-2-1-7-17-10-14/h3-6,14,17H,1-2,7-11H2/t14-/m1/s1. The molecule has 2 aliphatic rings. The highest BCUT2D eigenvalue weighted by Gasteiger charge is 2.33. The van der Waals surface area contributed by atoms with Crippen molar-refractivity contribution in [3.05, 3.63) is 34.9 Å². The maximum atomic E-state index is 12.5. The van der Waals surface area contributed by atoms with Crippen molar-refractivity contribution in [2.75, 3.05) is 26.2 Å². The minimum absolute atomic E-state index is 0.175. The molecule has 2 saturated heterocycles. The molecule has 0 unspecified atom stereocenters. The number of urea groups is 1. The molecule has 0 spiro atoms. The largest absolute Gasteiger partial charge is 0.320 e. The van der Waals surface area contributed by atoms with Gasteiger partial charge in [-0.25, -0.2) is 4.79 Å². The summed E-state index contributed by atoms with van der Waals surface area (Å²) in [6.07, 6.45) is 2.28. The summed E-state index contributed by atoms with van der Waals surface area (Å²) in [5.41, 5.74) is 1.13. The minimum atomic E-state index is 0.175. The normalized spacial score (nSPS) is 23.4. The van der Waals surface area contributed by atoms with Gasteiger partial charge in [-0.15, -0.1) is 0 Å². The summed E-state index contributed by atoms with van der Waals surface area (Å²) >= 11 is 5.89. The average Bonchev–Trinajstić information content (AvgIpc) is 2.84. The summed E-state index contributed by atoms with van der Waals surface area (Å²) < 4.78 is 0. The number of carbonyl (C=O) groups excluding carboxylic acids is 1. The van der Waals surface area contributed by atoms with Crippen LogP contribution >= 0.6 is 11.6 Å². The van der Waals surface area contributed by atoms with E-state index in [1.807, 2.05) is 34.1 Å². The van der Waals surface area contributed by atoms with Crippen molar-refractivity contribution in [1.82, 2.24) is 15.1 Å². The van der Waals surface area contributed by atoms with Crippen LogP contribution in [0.2, 0.25) is 5.02 Å². The zero-order valence-electron chi connectivity index (χ0n) is 11.5. The van der Waals surface area contributed by atoms with Crippen molar-refractivity contribution in [1.29, 1.82) is 0 Å². The first kappa shape index (κ1) is 13.7. The topological polar surface area (TPSA) is 35.6 Å². The van der Waals surface area contributed by atoms with E-state index in [0.29, 0.717) is 12.6 Å². The minimum Gasteiger partial charge on any atom is -0.319 e. The first-order valence-corrected chi connectivity index (χ1v) is 7.62.